The first kappa shape index (κ1) is 21.9. The van der Waals surface area contributed by atoms with Crippen LogP contribution in [0.3, 0.4) is 0 Å². The molecule has 0 aliphatic rings. The van der Waals surface area contributed by atoms with Crippen molar-refractivity contribution in [1.29, 1.82) is 0 Å². The Labute approximate surface area is 155 Å². The number of aliphatic hydroxyl groups excluding tert-OH is 1. The van der Waals surface area contributed by atoms with E-state index in [0.717, 1.165) is 12.8 Å². The minimum Gasteiger partial charge on any atom is -0.395 e. The summed E-state index contributed by atoms with van der Waals surface area (Å²) < 4.78 is 27.6. The van der Waals surface area contributed by atoms with Gasteiger partial charge in [-0.05, 0) is 45.4 Å². The Morgan fingerprint density at radius 1 is 1.28 bits per heavy atom. The standard InChI is InChI=1S/C17H27ClN2O4S/c1-5-6-9-20(10-11-21)16(22)13-7-8-14(18)15(12-13)25(23,24)19-17(2,3)4/h7-8,12,19,21H,5-6,9-11H2,1-4H3. The largest absolute Gasteiger partial charge is 0.395 e. The van der Waals surface area contributed by atoms with Gasteiger partial charge in [0.25, 0.3) is 5.91 Å². The number of carbonyl (C=O) groups excluding carboxylic acids is 1. The lowest BCUT2D eigenvalue weighted by Gasteiger charge is -2.23. The molecule has 1 aromatic rings. The van der Waals surface area contributed by atoms with Crippen LogP contribution < -0.4 is 4.72 Å². The smallest absolute Gasteiger partial charge is 0.253 e. The monoisotopic (exact) mass is 390 g/mol. The van der Waals surface area contributed by atoms with Crippen LogP contribution in [0.25, 0.3) is 0 Å². The van der Waals surface area contributed by atoms with Gasteiger partial charge in [0.2, 0.25) is 10.0 Å². The third kappa shape index (κ3) is 6.58. The van der Waals surface area contributed by atoms with E-state index < -0.39 is 15.6 Å². The second-order valence-electron chi connectivity index (χ2n) is 6.87. The van der Waals surface area contributed by atoms with Gasteiger partial charge in [0.1, 0.15) is 4.90 Å². The molecule has 25 heavy (non-hydrogen) atoms. The molecule has 0 aliphatic carbocycles. The van der Waals surface area contributed by atoms with Gasteiger partial charge in [0.05, 0.1) is 11.6 Å². The molecule has 0 heterocycles. The molecule has 6 nitrogen and oxygen atoms in total. The normalized spacial score (nSPS) is 12.2. The van der Waals surface area contributed by atoms with Crippen molar-refractivity contribution in [3.63, 3.8) is 0 Å². The highest BCUT2D eigenvalue weighted by Gasteiger charge is 2.26. The van der Waals surface area contributed by atoms with E-state index in [4.69, 9.17) is 16.7 Å². The van der Waals surface area contributed by atoms with E-state index in [1.54, 1.807) is 20.8 Å². The van der Waals surface area contributed by atoms with Gasteiger partial charge in [0.15, 0.2) is 0 Å². The molecule has 0 spiro atoms. The fraction of sp³-hybridized carbons (Fsp3) is 0.588. The van der Waals surface area contributed by atoms with Crippen LogP contribution in [0.5, 0.6) is 0 Å². The molecular weight excluding hydrogens is 364 g/mol. The van der Waals surface area contributed by atoms with Crippen molar-refractivity contribution in [3.8, 4) is 0 Å². The summed E-state index contributed by atoms with van der Waals surface area (Å²) >= 11 is 6.05. The number of nitrogens with one attached hydrogen (secondary N) is 1. The van der Waals surface area contributed by atoms with Gasteiger partial charge < -0.3 is 10.0 Å². The Bertz CT molecular complexity index is 699. The molecule has 2 N–H and O–H groups in total. The average Bonchev–Trinajstić information content (AvgIpc) is 2.48. The lowest BCUT2D eigenvalue weighted by Crippen LogP contribution is -2.40. The zero-order valence-electron chi connectivity index (χ0n) is 15.2. The molecule has 1 amide bonds. The number of amides is 1. The maximum Gasteiger partial charge on any atom is 0.253 e. The summed E-state index contributed by atoms with van der Waals surface area (Å²) in [6, 6.07) is 4.19. The molecule has 0 bridgehead atoms. The topological polar surface area (TPSA) is 86.7 Å². The van der Waals surface area contributed by atoms with E-state index in [-0.39, 0.29) is 34.5 Å². The van der Waals surface area contributed by atoms with Crippen molar-refractivity contribution in [2.45, 2.75) is 51.0 Å². The van der Waals surface area contributed by atoms with Gasteiger partial charge in [-0.25, -0.2) is 13.1 Å². The number of hydrogen-bond donors (Lipinski definition) is 2. The van der Waals surface area contributed by atoms with E-state index in [0.29, 0.717) is 6.54 Å². The Hall–Kier alpha value is -1.15. The van der Waals surface area contributed by atoms with Gasteiger partial charge in [-0.1, -0.05) is 24.9 Å². The molecule has 0 fully saturated rings. The van der Waals surface area contributed by atoms with E-state index >= 15 is 0 Å². The molecule has 0 aliphatic heterocycles. The summed E-state index contributed by atoms with van der Waals surface area (Å²) in [6.07, 6.45) is 1.71. The van der Waals surface area contributed by atoms with Crippen molar-refractivity contribution >= 4 is 27.5 Å². The maximum atomic E-state index is 12.7. The van der Waals surface area contributed by atoms with Crippen LogP contribution in [0.1, 0.15) is 50.9 Å². The SMILES string of the molecule is CCCCN(CCO)C(=O)c1ccc(Cl)c(S(=O)(=O)NC(C)(C)C)c1. The molecule has 1 aromatic carbocycles. The Kier molecular flexibility index (Phi) is 7.87. The number of rotatable bonds is 8. The fourth-order valence-corrected chi connectivity index (χ4v) is 4.21. The molecule has 0 radical (unpaired) electrons. The molecule has 8 heteroatoms. The fourth-order valence-electron chi connectivity index (χ4n) is 2.27. The Morgan fingerprint density at radius 3 is 2.44 bits per heavy atom. The van der Waals surface area contributed by atoms with E-state index in [1.165, 1.54) is 23.1 Å². The molecule has 142 valence electrons. The average molecular weight is 391 g/mol. The third-order valence-corrected chi connectivity index (χ3v) is 5.59. The van der Waals surface area contributed by atoms with Crippen molar-refractivity contribution in [3.05, 3.63) is 28.8 Å². The quantitative estimate of drug-likeness (QED) is 0.714. The highest BCUT2D eigenvalue weighted by Crippen LogP contribution is 2.24. The minimum absolute atomic E-state index is 0.0515. The summed E-state index contributed by atoms with van der Waals surface area (Å²) in [5, 5.41) is 9.22. The summed E-state index contributed by atoms with van der Waals surface area (Å²) in [5.74, 6) is -0.327. The van der Waals surface area contributed by atoms with Crippen molar-refractivity contribution < 1.29 is 18.3 Å². The van der Waals surface area contributed by atoms with E-state index in [2.05, 4.69) is 4.72 Å². The van der Waals surface area contributed by atoms with Crippen LogP contribution >= 0.6 is 11.6 Å². The number of halogens is 1. The van der Waals surface area contributed by atoms with Crippen LogP contribution in [-0.2, 0) is 10.0 Å². The number of sulfonamides is 1. The van der Waals surface area contributed by atoms with Gasteiger partial charge >= 0.3 is 0 Å². The van der Waals surface area contributed by atoms with Crippen LogP contribution in [0.4, 0.5) is 0 Å². The summed E-state index contributed by atoms with van der Waals surface area (Å²) in [7, 11) is -3.86. The maximum absolute atomic E-state index is 12.7. The van der Waals surface area contributed by atoms with Crippen LogP contribution in [0, 0.1) is 0 Å². The summed E-state index contributed by atoms with van der Waals surface area (Å²) in [5.41, 5.74) is -0.449. The predicted octanol–water partition coefficient (Wildman–Crippen LogP) is 2.65. The lowest BCUT2D eigenvalue weighted by atomic mass is 10.1. The van der Waals surface area contributed by atoms with Crippen molar-refractivity contribution in [2.75, 3.05) is 19.7 Å². The first-order valence-corrected chi connectivity index (χ1v) is 10.1. The molecule has 0 unspecified atom stereocenters. The summed E-state index contributed by atoms with van der Waals surface area (Å²) in [6.45, 7) is 7.72. The number of hydrogen-bond acceptors (Lipinski definition) is 4. The zero-order valence-corrected chi connectivity index (χ0v) is 16.7. The second kappa shape index (κ2) is 8.98. The first-order chi connectivity index (χ1) is 11.5. The highest BCUT2D eigenvalue weighted by molar-refractivity contribution is 7.89. The molecule has 0 saturated carbocycles. The van der Waals surface area contributed by atoms with Gasteiger partial charge in [0, 0.05) is 24.2 Å². The number of unbranched alkanes of at least 4 members (excludes halogenated alkanes) is 1. The van der Waals surface area contributed by atoms with E-state index in [1.807, 2.05) is 6.92 Å². The number of carbonyl (C=O) groups is 1. The third-order valence-electron chi connectivity index (χ3n) is 3.35. The molecule has 0 aromatic heterocycles. The number of aliphatic hydroxyl groups is 1. The minimum atomic E-state index is -3.86. The molecular formula is C17H27ClN2O4S. The predicted molar refractivity (Wildman–Crippen MR) is 99.4 cm³/mol. The van der Waals surface area contributed by atoms with Crippen LogP contribution in [0.2, 0.25) is 5.02 Å². The Balaban J connectivity index is 3.21. The van der Waals surface area contributed by atoms with Crippen LogP contribution in [0.15, 0.2) is 23.1 Å². The lowest BCUT2D eigenvalue weighted by molar-refractivity contribution is 0.0719. The number of benzene rings is 1. The van der Waals surface area contributed by atoms with Crippen molar-refractivity contribution in [1.82, 2.24) is 9.62 Å². The second-order valence-corrected chi connectivity index (χ2v) is 8.93. The zero-order chi connectivity index (χ0) is 19.3. The van der Waals surface area contributed by atoms with Gasteiger partial charge in [-0.3, -0.25) is 4.79 Å². The molecule has 0 atom stereocenters. The Morgan fingerprint density at radius 2 is 1.92 bits per heavy atom. The highest BCUT2D eigenvalue weighted by atomic mass is 35.5. The van der Waals surface area contributed by atoms with Crippen molar-refractivity contribution in [2.24, 2.45) is 0 Å². The number of nitrogens with zero attached hydrogens (tertiary/aromatic N) is 1. The van der Waals surface area contributed by atoms with Crippen LogP contribution in [-0.4, -0.2) is 49.6 Å². The molecule has 1 rings (SSSR count). The van der Waals surface area contributed by atoms with E-state index in [9.17, 15) is 13.2 Å². The van der Waals surface area contributed by atoms with Gasteiger partial charge in [-0.2, -0.15) is 0 Å². The van der Waals surface area contributed by atoms with Gasteiger partial charge in [-0.15, -0.1) is 0 Å². The first-order valence-electron chi connectivity index (χ1n) is 8.25. The summed E-state index contributed by atoms with van der Waals surface area (Å²) in [4.78, 5) is 14.1. The molecule has 0 saturated heterocycles.